The molecule has 1 aliphatic rings. The number of aromatic nitrogens is 1. The van der Waals surface area contributed by atoms with Gasteiger partial charge in [-0.25, -0.2) is 8.42 Å². The van der Waals surface area contributed by atoms with Crippen molar-refractivity contribution in [3.63, 3.8) is 0 Å². The van der Waals surface area contributed by atoms with Crippen LogP contribution >= 0.6 is 0 Å². The highest BCUT2D eigenvalue weighted by atomic mass is 32.2. The van der Waals surface area contributed by atoms with Gasteiger partial charge in [-0.15, -0.1) is 0 Å². The average Bonchev–Trinajstić information content (AvgIpc) is 2.63. The molecule has 0 bridgehead atoms. The van der Waals surface area contributed by atoms with E-state index in [1.54, 1.807) is 12.1 Å². The molecule has 3 rings (SSSR count). The summed E-state index contributed by atoms with van der Waals surface area (Å²) in [6, 6.07) is 9.14. The van der Waals surface area contributed by atoms with Crippen molar-refractivity contribution in [3.8, 4) is 0 Å². The van der Waals surface area contributed by atoms with Gasteiger partial charge in [-0.05, 0) is 55.8 Å². The van der Waals surface area contributed by atoms with Crippen LogP contribution in [-0.2, 0) is 10.0 Å². The van der Waals surface area contributed by atoms with Gasteiger partial charge in [-0.3, -0.25) is 14.5 Å². The average molecular weight is 360 g/mol. The first-order valence-corrected chi connectivity index (χ1v) is 9.57. The fraction of sp³-hybridized carbons (Fsp3) is 0.294. The minimum atomic E-state index is -3.70. The Morgan fingerprint density at radius 1 is 1.12 bits per heavy atom. The van der Waals surface area contributed by atoms with Gasteiger partial charge < -0.3 is 10.6 Å². The molecule has 2 heterocycles. The monoisotopic (exact) mass is 360 g/mol. The van der Waals surface area contributed by atoms with Crippen LogP contribution in [0.2, 0.25) is 0 Å². The number of benzene rings is 1. The van der Waals surface area contributed by atoms with E-state index in [2.05, 4.69) is 20.3 Å². The Labute approximate surface area is 146 Å². The van der Waals surface area contributed by atoms with E-state index >= 15 is 0 Å². The summed E-state index contributed by atoms with van der Waals surface area (Å²) >= 11 is 0. The fourth-order valence-corrected chi connectivity index (χ4v) is 3.72. The summed E-state index contributed by atoms with van der Waals surface area (Å²) in [6.45, 7) is 1.73. The van der Waals surface area contributed by atoms with E-state index in [4.69, 9.17) is 0 Å². The second kappa shape index (κ2) is 7.62. The molecule has 0 unspecified atom stereocenters. The van der Waals surface area contributed by atoms with Gasteiger partial charge in [0.25, 0.3) is 15.9 Å². The molecule has 1 amide bonds. The van der Waals surface area contributed by atoms with Crippen molar-refractivity contribution in [3.05, 3.63) is 54.4 Å². The first kappa shape index (κ1) is 17.4. The summed E-state index contributed by atoms with van der Waals surface area (Å²) in [5.74, 6) is -0.195. The molecule has 0 radical (unpaired) electrons. The van der Waals surface area contributed by atoms with E-state index < -0.39 is 10.0 Å². The van der Waals surface area contributed by atoms with Crippen LogP contribution in [0.1, 0.15) is 23.2 Å². The molecule has 1 aromatic carbocycles. The highest BCUT2D eigenvalue weighted by Gasteiger charge is 2.18. The van der Waals surface area contributed by atoms with Crippen molar-refractivity contribution in [2.75, 3.05) is 17.8 Å². The Morgan fingerprint density at radius 2 is 1.84 bits per heavy atom. The normalized spacial score (nSPS) is 17.7. The number of hydrogen-bond acceptors (Lipinski definition) is 5. The van der Waals surface area contributed by atoms with Gasteiger partial charge >= 0.3 is 0 Å². The second-order valence-corrected chi connectivity index (χ2v) is 7.56. The first-order chi connectivity index (χ1) is 12.0. The third-order valence-electron chi connectivity index (χ3n) is 3.99. The van der Waals surface area contributed by atoms with Crippen LogP contribution in [0.5, 0.6) is 0 Å². The number of nitrogens with zero attached hydrogens (tertiary/aromatic N) is 1. The Balaban J connectivity index is 1.67. The Kier molecular flexibility index (Phi) is 5.30. The standard InChI is InChI=1S/C17H20N4O3S/c22-17(20-15-2-1-9-19-12-15)13-3-5-16(6-4-13)25(23,24)21-14-7-10-18-11-8-14/h3-8,10-11,15,19H,1-2,9,12H2,(H,18,21)(H,20,22)/t15-/m0/s1. The number of pyridine rings is 1. The maximum atomic E-state index is 12.4. The molecular weight excluding hydrogens is 340 g/mol. The summed E-state index contributed by atoms with van der Waals surface area (Å²) in [7, 11) is -3.70. The SMILES string of the molecule is O=C(N[C@H]1CCCNC1)c1ccc(S(=O)(=O)Nc2ccncc2)cc1. The molecule has 2 aromatic rings. The summed E-state index contributed by atoms with van der Waals surface area (Å²) in [5.41, 5.74) is 0.870. The molecule has 8 heteroatoms. The Morgan fingerprint density at radius 3 is 2.48 bits per heavy atom. The quantitative estimate of drug-likeness (QED) is 0.748. The van der Waals surface area contributed by atoms with Crippen LogP contribution in [0.25, 0.3) is 0 Å². The van der Waals surface area contributed by atoms with Gasteiger partial charge in [-0.2, -0.15) is 0 Å². The van der Waals surface area contributed by atoms with Gasteiger partial charge in [0, 0.05) is 30.5 Å². The Hall–Kier alpha value is -2.45. The molecule has 0 saturated carbocycles. The van der Waals surface area contributed by atoms with E-state index in [-0.39, 0.29) is 16.8 Å². The maximum Gasteiger partial charge on any atom is 0.261 e. The summed E-state index contributed by atoms with van der Waals surface area (Å²) in [4.78, 5) is 16.2. The number of piperidine rings is 1. The molecule has 1 fully saturated rings. The minimum Gasteiger partial charge on any atom is -0.348 e. The molecule has 25 heavy (non-hydrogen) atoms. The molecule has 132 valence electrons. The van der Waals surface area contributed by atoms with E-state index in [1.165, 1.54) is 36.7 Å². The lowest BCUT2D eigenvalue weighted by Crippen LogP contribution is -2.45. The van der Waals surface area contributed by atoms with Crippen LogP contribution in [0.3, 0.4) is 0 Å². The largest absolute Gasteiger partial charge is 0.348 e. The number of carbonyl (C=O) groups is 1. The number of nitrogens with one attached hydrogen (secondary N) is 3. The van der Waals surface area contributed by atoms with Crippen molar-refractivity contribution in [1.29, 1.82) is 0 Å². The Bertz CT molecular complexity index is 817. The third kappa shape index (κ3) is 4.55. The van der Waals surface area contributed by atoms with Gasteiger partial charge in [0.1, 0.15) is 0 Å². The van der Waals surface area contributed by atoms with Gasteiger partial charge in [0.15, 0.2) is 0 Å². The molecule has 3 N–H and O–H groups in total. The lowest BCUT2D eigenvalue weighted by molar-refractivity contribution is 0.0930. The fourth-order valence-electron chi connectivity index (χ4n) is 2.66. The zero-order valence-electron chi connectivity index (χ0n) is 13.6. The number of sulfonamides is 1. The van der Waals surface area contributed by atoms with Crippen LogP contribution in [-0.4, -0.2) is 38.4 Å². The van der Waals surface area contributed by atoms with Crippen LogP contribution in [0.4, 0.5) is 5.69 Å². The van der Waals surface area contributed by atoms with Gasteiger partial charge in [0.05, 0.1) is 10.6 Å². The molecule has 1 aromatic heterocycles. The minimum absolute atomic E-state index is 0.0974. The van der Waals surface area contributed by atoms with Crippen molar-refractivity contribution in [2.45, 2.75) is 23.8 Å². The summed E-state index contributed by atoms with van der Waals surface area (Å²) in [5, 5.41) is 6.20. The van der Waals surface area contributed by atoms with E-state index in [9.17, 15) is 13.2 Å². The highest BCUT2D eigenvalue weighted by molar-refractivity contribution is 7.92. The van der Waals surface area contributed by atoms with Crippen LogP contribution in [0.15, 0.2) is 53.7 Å². The summed E-state index contributed by atoms with van der Waals surface area (Å²) < 4.78 is 27.2. The van der Waals surface area contributed by atoms with Gasteiger partial charge in [-0.1, -0.05) is 0 Å². The number of amides is 1. The van der Waals surface area contributed by atoms with E-state index in [0.29, 0.717) is 11.3 Å². The molecule has 0 aliphatic carbocycles. The van der Waals surface area contributed by atoms with E-state index in [0.717, 1.165) is 25.9 Å². The second-order valence-electron chi connectivity index (χ2n) is 5.88. The number of carbonyl (C=O) groups excluding carboxylic acids is 1. The zero-order chi connectivity index (χ0) is 17.7. The molecule has 1 atom stereocenters. The van der Waals surface area contributed by atoms with Crippen molar-refractivity contribution < 1.29 is 13.2 Å². The lowest BCUT2D eigenvalue weighted by Gasteiger charge is -2.23. The predicted octanol–water partition coefficient (Wildman–Crippen LogP) is 1.36. The lowest BCUT2D eigenvalue weighted by atomic mass is 10.1. The number of hydrogen-bond donors (Lipinski definition) is 3. The predicted molar refractivity (Wildman–Crippen MR) is 94.8 cm³/mol. The third-order valence-corrected chi connectivity index (χ3v) is 5.39. The van der Waals surface area contributed by atoms with Crippen LogP contribution in [0, 0.1) is 0 Å². The van der Waals surface area contributed by atoms with Crippen molar-refractivity contribution >= 4 is 21.6 Å². The van der Waals surface area contributed by atoms with Crippen molar-refractivity contribution in [2.24, 2.45) is 0 Å². The molecule has 7 nitrogen and oxygen atoms in total. The maximum absolute atomic E-state index is 12.4. The highest BCUT2D eigenvalue weighted by Crippen LogP contribution is 2.16. The van der Waals surface area contributed by atoms with Gasteiger partial charge in [0.2, 0.25) is 0 Å². The summed E-state index contributed by atoms with van der Waals surface area (Å²) in [6.07, 6.45) is 4.99. The van der Waals surface area contributed by atoms with E-state index in [1.807, 2.05) is 0 Å². The van der Waals surface area contributed by atoms with Crippen molar-refractivity contribution in [1.82, 2.24) is 15.6 Å². The molecule has 0 spiro atoms. The zero-order valence-corrected chi connectivity index (χ0v) is 14.4. The molecule has 1 saturated heterocycles. The topological polar surface area (TPSA) is 100 Å². The number of anilines is 1. The number of rotatable bonds is 5. The smallest absolute Gasteiger partial charge is 0.261 e. The molecule has 1 aliphatic heterocycles. The molecular formula is C17H20N4O3S. The first-order valence-electron chi connectivity index (χ1n) is 8.09. The van der Waals surface area contributed by atoms with Crippen LogP contribution < -0.4 is 15.4 Å².